The second-order valence-electron chi connectivity index (χ2n) is 8.01. The average molecular weight is 476 g/mol. The molecule has 8 heteroatoms. The summed E-state index contributed by atoms with van der Waals surface area (Å²) in [6, 6.07) is 23.3. The predicted octanol–water partition coefficient (Wildman–Crippen LogP) is 4.95. The van der Waals surface area contributed by atoms with Crippen molar-refractivity contribution in [2.75, 3.05) is 62.0 Å². The van der Waals surface area contributed by atoms with Gasteiger partial charge < -0.3 is 24.6 Å². The van der Waals surface area contributed by atoms with Crippen LogP contribution in [0.15, 0.2) is 77.9 Å². The first-order valence-electron chi connectivity index (χ1n) is 11.3. The first kappa shape index (κ1) is 25.4. The molecule has 0 saturated carbocycles. The van der Waals surface area contributed by atoms with Gasteiger partial charge in [-0.25, -0.2) is 4.79 Å². The first-order chi connectivity index (χ1) is 16.8. The Morgan fingerprint density at radius 2 is 1.43 bits per heavy atom. The van der Waals surface area contributed by atoms with E-state index in [1.165, 1.54) is 0 Å². The molecule has 3 aromatic carbocycles. The molecular weight excluding hydrogens is 442 g/mol. The van der Waals surface area contributed by atoms with Crippen molar-refractivity contribution in [3.8, 4) is 5.75 Å². The fourth-order valence-electron chi connectivity index (χ4n) is 3.48. The second kappa shape index (κ2) is 11.8. The molecule has 0 aliphatic rings. The van der Waals surface area contributed by atoms with Crippen LogP contribution in [-0.2, 0) is 9.53 Å². The molecule has 0 aromatic heterocycles. The molecule has 0 aliphatic heterocycles. The van der Waals surface area contributed by atoms with Gasteiger partial charge in [-0.2, -0.15) is 0 Å². The number of ether oxygens (including phenoxy) is 2. The Balaban J connectivity index is 1.84. The van der Waals surface area contributed by atoms with Gasteiger partial charge >= 0.3 is 5.97 Å². The highest BCUT2D eigenvalue weighted by Crippen LogP contribution is 2.28. The molecule has 3 rings (SSSR count). The van der Waals surface area contributed by atoms with E-state index in [-0.39, 0.29) is 12.4 Å². The van der Waals surface area contributed by atoms with Crippen LogP contribution in [0, 0.1) is 0 Å². The van der Waals surface area contributed by atoms with Crippen LogP contribution in [0.3, 0.4) is 0 Å². The molecule has 0 atom stereocenters. The Hall–Kier alpha value is -4.20. The number of benzene rings is 3. The number of nitrogens with zero attached hydrogens (tertiary/aromatic N) is 4. The maximum atomic E-state index is 12.9. The summed E-state index contributed by atoms with van der Waals surface area (Å²) in [5.74, 6) is 0.498. The monoisotopic (exact) mass is 475 g/mol. The third-order valence-electron chi connectivity index (χ3n) is 5.36. The van der Waals surface area contributed by atoms with Crippen LogP contribution < -0.4 is 24.9 Å². The summed E-state index contributed by atoms with van der Waals surface area (Å²) in [6.45, 7) is 2.04. The highest BCUT2D eigenvalue weighted by Gasteiger charge is 2.23. The van der Waals surface area contributed by atoms with Crippen LogP contribution in [0.25, 0.3) is 0 Å². The number of hydrazone groups is 1. The van der Waals surface area contributed by atoms with Crippen molar-refractivity contribution in [1.29, 1.82) is 0 Å². The Morgan fingerprint density at radius 1 is 0.857 bits per heavy atom. The second-order valence-corrected chi connectivity index (χ2v) is 8.01. The van der Waals surface area contributed by atoms with E-state index in [0.29, 0.717) is 0 Å². The third kappa shape index (κ3) is 6.44. The van der Waals surface area contributed by atoms with Gasteiger partial charge in [0.15, 0.2) is 0 Å². The summed E-state index contributed by atoms with van der Waals surface area (Å²) in [4.78, 5) is 16.6. The van der Waals surface area contributed by atoms with Crippen LogP contribution in [0.4, 0.5) is 28.4 Å². The van der Waals surface area contributed by atoms with Gasteiger partial charge in [0, 0.05) is 39.6 Å². The van der Waals surface area contributed by atoms with E-state index in [1.807, 2.05) is 98.8 Å². The van der Waals surface area contributed by atoms with Crippen molar-refractivity contribution in [3.63, 3.8) is 0 Å². The normalized spacial score (nSPS) is 11.0. The molecule has 0 fully saturated rings. The minimum Gasteiger partial charge on any atom is -0.497 e. The number of carbonyl (C=O) groups is 1. The van der Waals surface area contributed by atoms with Gasteiger partial charge in [0.25, 0.3) is 0 Å². The number of hydrogen-bond acceptors (Lipinski definition) is 7. The molecule has 0 saturated heterocycles. The number of likely N-dealkylation sites (N-methyl/N-ethyl adjacent to an activating group) is 1. The number of rotatable bonds is 8. The van der Waals surface area contributed by atoms with Gasteiger partial charge in [-0.3, -0.25) is 5.01 Å². The number of hydrogen-bond donors (Lipinski definition) is 1. The lowest BCUT2D eigenvalue weighted by Gasteiger charge is -2.27. The fraction of sp³-hybridized carbons (Fsp3) is 0.259. The lowest BCUT2D eigenvalue weighted by molar-refractivity contribution is -0.135. The number of nitrogens with one attached hydrogen (secondary N) is 1. The van der Waals surface area contributed by atoms with Crippen molar-refractivity contribution in [2.45, 2.75) is 6.92 Å². The maximum absolute atomic E-state index is 12.9. The molecule has 184 valence electrons. The molecule has 35 heavy (non-hydrogen) atoms. The van der Waals surface area contributed by atoms with E-state index >= 15 is 0 Å². The minimum absolute atomic E-state index is 0.184. The molecule has 0 amide bonds. The third-order valence-corrected chi connectivity index (χ3v) is 5.36. The number of anilines is 5. The zero-order valence-electron chi connectivity index (χ0n) is 21.1. The van der Waals surface area contributed by atoms with E-state index < -0.39 is 5.97 Å². The molecule has 0 heterocycles. The van der Waals surface area contributed by atoms with Crippen LogP contribution in [0.2, 0.25) is 0 Å². The summed E-state index contributed by atoms with van der Waals surface area (Å²) in [6.07, 6.45) is 0. The number of para-hydroxylation sites is 2. The molecule has 3 aromatic rings. The first-order valence-corrected chi connectivity index (χ1v) is 11.3. The summed E-state index contributed by atoms with van der Waals surface area (Å²) < 4.78 is 10.5. The number of amidine groups is 1. The number of esters is 1. The summed E-state index contributed by atoms with van der Waals surface area (Å²) in [5, 5.41) is 9.64. The Morgan fingerprint density at radius 3 is 1.97 bits per heavy atom. The van der Waals surface area contributed by atoms with Crippen LogP contribution >= 0.6 is 0 Å². The largest absolute Gasteiger partial charge is 0.497 e. The van der Waals surface area contributed by atoms with Gasteiger partial charge in [0.1, 0.15) is 5.75 Å². The Kier molecular flexibility index (Phi) is 8.56. The van der Waals surface area contributed by atoms with E-state index in [4.69, 9.17) is 9.47 Å². The molecule has 0 unspecified atom stereocenters. The Bertz CT molecular complexity index is 1140. The summed E-state index contributed by atoms with van der Waals surface area (Å²) >= 11 is 0. The van der Waals surface area contributed by atoms with Gasteiger partial charge in [0.2, 0.25) is 5.84 Å². The average Bonchev–Trinajstić information content (AvgIpc) is 2.87. The lowest BCUT2D eigenvalue weighted by atomic mass is 10.2. The zero-order valence-corrected chi connectivity index (χ0v) is 21.1. The Labute approximate surface area is 207 Å². The topological polar surface area (TPSA) is 69.6 Å². The lowest BCUT2D eigenvalue weighted by Crippen LogP contribution is -2.37. The summed E-state index contributed by atoms with van der Waals surface area (Å²) in [7, 11) is 9.18. The van der Waals surface area contributed by atoms with Gasteiger partial charge in [-0.05, 0) is 67.6 Å². The SMILES string of the molecule is CCOC(=O)/C(=N\N(C)c1ccc(Nc2ccc(OC)cc2)cc1)N(C)c1ccccc1N(C)C. The molecule has 0 bridgehead atoms. The van der Waals surface area contributed by atoms with Crippen molar-refractivity contribution in [3.05, 3.63) is 72.8 Å². The molecule has 1 N–H and O–H groups in total. The van der Waals surface area contributed by atoms with Gasteiger partial charge in [-0.15, -0.1) is 5.10 Å². The van der Waals surface area contributed by atoms with Crippen molar-refractivity contribution in [1.82, 2.24) is 0 Å². The van der Waals surface area contributed by atoms with Crippen molar-refractivity contribution in [2.24, 2.45) is 5.10 Å². The van der Waals surface area contributed by atoms with E-state index in [1.54, 1.807) is 31.0 Å². The zero-order chi connectivity index (χ0) is 25.4. The van der Waals surface area contributed by atoms with Crippen molar-refractivity contribution < 1.29 is 14.3 Å². The van der Waals surface area contributed by atoms with Gasteiger partial charge in [-0.1, -0.05) is 12.1 Å². The van der Waals surface area contributed by atoms with Crippen LogP contribution in [-0.4, -0.2) is 53.7 Å². The molecular formula is C27H33N5O3. The fourth-order valence-corrected chi connectivity index (χ4v) is 3.48. The van der Waals surface area contributed by atoms with Crippen LogP contribution in [0.5, 0.6) is 5.75 Å². The van der Waals surface area contributed by atoms with Crippen LogP contribution in [0.1, 0.15) is 6.92 Å². The predicted molar refractivity (Wildman–Crippen MR) is 144 cm³/mol. The smallest absolute Gasteiger partial charge is 0.376 e. The van der Waals surface area contributed by atoms with Gasteiger partial charge in [0.05, 0.1) is 30.8 Å². The number of carbonyl (C=O) groups excluding carboxylic acids is 1. The van der Waals surface area contributed by atoms with Crippen molar-refractivity contribution >= 4 is 40.2 Å². The van der Waals surface area contributed by atoms with E-state index in [0.717, 1.165) is 34.2 Å². The molecule has 8 nitrogen and oxygen atoms in total. The van der Waals surface area contributed by atoms with E-state index in [2.05, 4.69) is 10.4 Å². The highest BCUT2D eigenvalue weighted by atomic mass is 16.5. The standard InChI is InChI=1S/C27H33N5O3/c1-7-35-27(33)26(31(4)25-11-9-8-10-24(25)30(2)3)29-32(5)22-16-12-20(13-17-22)28-21-14-18-23(34-6)19-15-21/h8-19,28H,7H2,1-6H3/b29-26+. The highest BCUT2D eigenvalue weighted by molar-refractivity contribution is 6.41. The molecule has 0 radical (unpaired) electrons. The molecule has 0 spiro atoms. The number of methoxy groups -OCH3 is 1. The minimum atomic E-state index is -0.492. The quantitative estimate of drug-likeness (QED) is 0.214. The van der Waals surface area contributed by atoms with E-state index in [9.17, 15) is 4.79 Å². The molecule has 0 aliphatic carbocycles. The summed E-state index contributed by atoms with van der Waals surface area (Å²) in [5.41, 5.74) is 4.51. The maximum Gasteiger partial charge on any atom is 0.376 e.